The van der Waals surface area contributed by atoms with Gasteiger partial charge >= 0.3 is 11.9 Å². The number of likely N-dealkylation sites (tertiary alicyclic amines) is 1. The lowest BCUT2D eigenvalue weighted by atomic mass is 9.84. The molecule has 0 spiro atoms. The Kier molecular flexibility index (Phi) is 11.2. The van der Waals surface area contributed by atoms with Crippen LogP contribution < -0.4 is 10.6 Å². The van der Waals surface area contributed by atoms with E-state index in [1.807, 2.05) is 30.3 Å². The summed E-state index contributed by atoms with van der Waals surface area (Å²) in [5, 5.41) is 35.0. The molecule has 3 rings (SSSR count). The smallest absolute Gasteiger partial charge is 0.326 e. The average Bonchev–Trinajstić information content (AvgIpc) is 3.27. The van der Waals surface area contributed by atoms with E-state index in [0.717, 1.165) is 37.7 Å². The van der Waals surface area contributed by atoms with E-state index in [9.17, 15) is 24.6 Å². The summed E-state index contributed by atoms with van der Waals surface area (Å²) in [6.45, 7) is 1.24. The zero-order valence-corrected chi connectivity index (χ0v) is 21.0. The third kappa shape index (κ3) is 7.75. The van der Waals surface area contributed by atoms with Gasteiger partial charge in [0.2, 0.25) is 5.91 Å². The van der Waals surface area contributed by atoms with Crippen LogP contribution in [0.3, 0.4) is 0 Å². The van der Waals surface area contributed by atoms with Crippen molar-refractivity contribution in [3.63, 3.8) is 0 Å². The number of carbonyl (C=O) groups is 3. The lowest BCUT2D eigenvalue weighted by Crippen LogP contribution is -2.56. The first-order valence-electron chi connectivity index (χ1n) is 13.3. The molecule has 5 N–H and O–H groups in total. The molecular formula is C27H41N3O6. The molecule has 2 fully saturated rings. The van der Waals surface area contributed by atoms with Crippen molar-refractivity contribution in [2.75, 3.05) is 19.7 Å². The predicted molar refractivity (Wildman–Crippen MR) is 136 cm³/mol. The number of amides is 1. The number of carbonyl (C=O) groups excluding carboxylic acids is 1. The summed E-state index contributed by atoms with van der Waals surface area (Å²) >= 11 is 0. The van der Waals surface area contributed by atoms with E-state index in [4.69, 9.17) is 5.11 Å². The highest BCUT2D eigenvalue weighted by atomic mass is 16.4. The first kappa shape index (κ1) is 28.1. The molecule has 1 saturated carbocycles. The standard InChI is InChI=1S/C27H41N3O6/c31-17-16-28-15-7-6-11-21(29-22(26(33)34)14-13-19-8-2-1-3-9-19)25(32)30-23-12-5-4-10-20(23)18-24(30)27(35)36/h1-3,8-9,20-24,28-29,31H,4-7,10-18H2,(H,33,34)(H,35,36)/t20?,21-,22-,23?,24?/m0/s1. The molecule has 5 atom stereocenters. The molecular weight excluding hydrogens is 462 g/mol. The number of aliphatic hydroxyl groups is 1. The minimum Gasteiger partial charge on any atom is -0.480 e. The van der Waals surface area contributed by atoms with Gasteiger partial charge in [0, 0.05) is 12.6 Å². The molecule has 3 unspecified atom stereocenters. The second-order valence-corrected chi connectivity index (χ2v) is 10.1. The minimum atomic E-state index is -1.01. The summed E-state index contributed by atoms with van der Waals surface area (Å²) in [5.41, 5.74) is 1.03. The van der Waals surface area contributed by atoms with Crippen LogP contribution in [0.4, 0.5) is 0 Å². The molecule has 200 valence electrons. The summed E-state index contributed by atoms with van der Waals surface area (Å²) in [5.74, 6) is -2.09. The van der Waals surface area contributed by atoms with E-state index in [2.05, 4.69) is 10.6 Å². The molecule has 1 aliphatic carbocycles. The Bertz CT molecular complexity index is 851. The van der Waals surface area contributed by atoms with Crippen LogP contribution in [0.2, 0.25) is 0 Å². The molecule has 0 aromatic heterocycles. The van der Waals surface area contributed by atoms with E-state index in [1.165, 1.54) is 0 Å². The van der Waals surface area contributed by atoms with E-state index < -0.39 is 30.1 Å². The number of aryl methyl sites for hydroxylation is 1. The van der Waals surface area contributed by atoms with Crippen molar-refractivity contribution >= 4 is 17.8 Å². The maximum atomic E-state index is 13.9. The summed E-state index contributed by atoms with van der Waals surface area (Å²) < 4.78 is 0. The number of nitrogens with one attached hydrogen (secondary N) is 2. The number of nitrogens with zero attached hydrogens (tertiary/aromatic N) is 1. The molecule has 0 bridgehead atoms. The molecule has 9 heteroatoms. The Labute approximate surface area is 213 Å². The Balaban J connectivity index is 1.73. The van der Waals surface area contributed by atoms with Crippen molar-refractivity contribution in [1.82, 2.24) is 15.5 Å². The molecule has 1 saturated heterocycles. The zero-order valence-electron chi connectivity index (χ0n) is 21.0. The van der Waals surface area contributed by atoms with E-state index in [1.54, 1.807) is 4.90 Å². The van der Waals surface area contributed by atoms with Crippen LogP contribution in [0.5, 0.6) is 0 Å². The maximum absolute atomic E-state index is 13.9. The zero-order chi connectivity index (χ0) is 25.9. The highest BCUT2D eigenvalue weighted by Gasteiger charge is 2.49. The highest BCUT2D eigenvalue weighted by Crippen LogP contribution is 2.40. The normalized spacial score (nSPS) is 23.1. The number of benzene rings is 1. The first-order valence-corrected chi connectivity index (χ1v) is 13.3. The Morgan fingerprint density at radius 2 is 1.72 bits per heavy atom. The quantitative estimate of drug-likeness (QED) is 0.229. The van der Waals surface area contributed by atoms with Crippen molar-refractivity contribution in [2.45, 2.75) is 88.4 Å². The summed E-state index contributed by atoms with van der Waals surface area (Å²) in [6.07, 6.45) is 6.98. The number of fused-ring (bicyclic) bond motifs is 1. The van der Waals surface area contributed by atoms with E-state index >= 15 is 0 Å². The second-order valence-electron chi connectivity index (χ2n) is 10.1. The van der Waals surface area contributed by atoms with Gasteiger partial charge in [-0.15, -0.1) is 0 Å². The number of aliphatic hydroxyl groups excluding tert-OH is 1. The van der Waals surface area contributed by atoms with Gasteiger partial charge in [-0.1, -0.05) is 49.6 Å². The molecule has 1 amide bonds. The number of aliphatic carboxylic acids is 2. The number of unbranched alkanes of at least 4 members (excludes halogenated alkanes) is 1. The topological polar surface area (TPSA) is 139 Å². The average molecular weight is 504 g/mol. The Morgan fingerprint density at radius 3 is 2.42 bits per heavy atom. The van der Waals surface area contributed by atoms with Crippen LogP contribution in [-0.2, 0) is 20.8 Å². The molecule has 1 aliphatic heterocycles. The number of rotatable bonds is 15. The van der Waals surface area contributed by atoms with Gasteiger partial charge in [-0.05, 0) is 63.0 Å². The van der Waals surface area contributed by atoms with Crippen molar-refractivity contribution in [2.24, 2.45) is 5.92 Å². The predicted octanol–water partition coefficient (Wildman–Crippen LogP) is 2.03. The Hall–Kier alpha value is -2.49. The van der Waals surface area contributed by atoms with Gasteiger partial charge in [-0.2, -0.15) is 0 Å². The van der Waals surface area contributed by atoms with Gasteiger partial charge in [0.05, 0.1) is 12.6 Å². The van der Waals surface area contributed by atoms with Gasteiger partial charge in [0.1, 0.15) is 12.1 Å². The molecule has 36 heavy (non-hydrogen) atoms. The summed E-state index contributed by atoms with van der Waals surface area (Å²) in [7, 11) is 0. The fourth-order valence-electron chi connectivity index (χ4n) is 5.73. The molecule has 9 nitrogen and oxygen atoms in total. The number of carboxylic acid groups (broad SMARTS) is 2. The van der Waals surface area contributed by atoms with Gasteiger partial charge < -0.3 is 25.5 Å². The maximum Gasteiger partial charge on any atom is 0.326 e. The fraction of sp³-hybridized carbons (Fsp3) is 0.667. The summed E-state index contributed by atoms with van der Waals surface area (Å²) in [6, 6.07) is 7.02. The first-order chi connectivity index (χ1) is 17.4. The largest absolute Gasteiger partial charge is 0.480 e. The molecule has 0 radical (unpaired) electrons. The lowest BCUT2D eigenvalue weighted by Gasteiger charge is -2.36. The fourth-order valence-corrected chi connectivity index (χ4v) is 5.73. The van der Waals surface area contributed by atoms with E-state index in [0.29, 0.717) is 45.2 Å². The van der Waals surface area contributed by atoms with E-state index in [-0.39, 0.29) is 24.5 Å². The van der Waals surface area contributed by atoms with Crippen LogP contribution in [-0.4, -0.2) is 81.9 Å². The summed E-state index contributed by atoms with van der Waals surface area (Å²) in [4.78, 5) is 39.7. The number of carboxylic acids is 2. The van der Waals surface area contributed by atoms with Crippen LogP contribution in [0.15, 0.2) is 30.3 Å². The van der Waals surface area contributed by atoms with Gasteiger partial charge in [0.25, 0.3) is 0 Å². The Morgan fingerprint density at radius 1 is 0.972 bits per heavy atom. The van der Waals surface area contributed by atoms with Crippen molar-refractivity contribution in [3.05, 3.63) is 35.9 Å². The van der Waals surface area contributed by atoms with Gasteiger partial charge in [-0.3, -0.25) is 14.9 Å². The molecule has 1 heterocycles. The number of hydrogen-bond acceptors (Lipinski definition) is 6. The lowest BCUT2D eigenvalue weighted by molar-refractivity contribution is -0.151. The van der Waals surface area contributed by atoms with Crippen molar-refractivity contribution in [3.8, 4) is 0 Å². The molecule has 2 aliphatic rings. The third-order valence-corrected chi connectivity index (χ3v) is 7.58. The monoisotopic (exact) mass is 503 g/mol. The third-order valence-electron chi connectivity index (χ3n) is 7.58. The molecule has 1 aromatic carbocycles. The van der Waals surface area contributed by atoms with Crippen LogP contribution in [0, 0.1) is 5.92 Å². The second kappa shape index (κ2) is 14.3. The van der Waals surface area contributed by atoms with Crippen LogP contribution in [0.1, 0.15) is 63.4 Å². The minimum absolute atomic E-state index is 0.0540. The molecule has 1 aromatic rings. The van der Waals surface area contributed by atoms with Crippen molar-refractivity contribution in [1.29, 1.82) is 0 Å². The van der Waals surface area contributed by atoms with Crippen LogP contribution >= 0.6 is 0 Å². The van der Waals surface area contributed by atoms with Gasteiger partial charge in [0.15, 0.2) is 0 Å². The number of hydrogen-bond donors (Lipinski definition) is 5. The highest BCUT2D eigenvalue weighted by molar-refractivity contribution is 5.88. The van der Waals surface area contributed by atoms with Crippen LogP contribution in [0.25, 0.3) is 0 Å². The SMILES string of the molecule is O=C(O)C1CC2CCCCC2N1C(=O)[C@H](CCCCNCCO)N[C@@H](CCc1ccccc1)C(=O)O. The van der Waals surface area contributed by atoms with Crippen molar-refractivity contribution < 1.29 is 29.7 Å². The van der Waals surface area contributed by atoms with Gasteiger partial charge in [-0.25, -0.2) is 4.79 Å².